The summed E-state index contributed by atoms with van der Waals surface area (Å²) in [6.45, 7) is 4.07. The molecule has 0 aliphatic carbocycles. The van der Waals surface area contributed by atoms with Crippen molar-refractivity contribution in [2.75, 3.05) is 19.4 Å². The van der Waals surface area contributed by atoms with Gasteiger partial charge in [-0.2, -0.15) is 0 Å². The van der Waals surface area contributed by atoms with Gasteiger partial charge >= 0.3 is 0 Å². The molecule has 0 aliphatic rings. The first-order valence-corrected chi connectivity index (χ1v) is 8.45. The van der Waals surface area contributed by atoms with E-state index in [9.17, 15) is 9.59 Å². The maximum absolute atomic E-state index is 12.4. The van der Waals surface area contributed by atoms with Gasteiger partial charge in [0.15, 0.2) is 0 Å². The lowest BCUT2D eigenvalue weighted by molar-refractivity contribution is -0.117. The smallest absolute Gasteiger partial charge is 0.254 e. The van der Waals surface area contributed by atoms with E-state index in [2.05, 4.69) is 5.32 Å². The Balaban J connectivity index is 2.08. The topological polar surface area (TPSA) is 49.4 Å². The van der Waals surface area contributed by atoms with Crippen LogP contribution < -0.4 is 5.32 Å². The number of halogens is 1. The van der Waals surface area contributed by atoms with Crippen molar-refractivity contribution in [3.63, 3.8) is 0 Å². The van der Waals surface area contributed by atoms with Gasteiger partial charge in [0.05, 0.1) is 10.6 Å². The molecule has 0 bridgehead atoms. The summed E-state index contributed by atoms with van der Waals surface area (Å²) in [4.78, 5) is 25.9. The third-order valence-electron chi connectivity index (χ3n) is 4.05. The van der Waals surface area contributed by atoms with E-state index in [0.29, 0.717) is 22.7 Å². The summed E-state index contributed by atoms with van der Waals surface area (Å²) in [5.74, 6) is -0.273. The van der Waals surface area contributed by atoms with Crippen LogP contribution in [0.25, 0.3) is 0 Å². The van der Waals surface area contributed by atoms with Crippen molar-refractivity contribution in [2.45, 2.75) is 25.7 Å². The molecule has 0 saturated heterocycles. The average molecular weight is 359 g/mol. The Hall–Kier alpha value is -2.33. The van der Waals surface area contributed by atoms with E-state index in [-0.39, 0.29) is 17.2 Å². The monoisotopic (exact) mass is 358 g/mol. The lowest BCUT2D eigenvalue weighted by Gasteiger charge is -2.24. The number of nitrogens with one attached hydrogen (secondary N) is 1. The zero-order valence-electron chi connectivity index (χ0n) is 15.0. The summed E-state index contributed by atoms with van der Waals surface area (Å²) in [6, 6.07) is 14.9. The van der Waals surface area contributed by atoms with Gasteiger partial charge in [0.1, 0.15) is 0 Å². The van der Waals surface area contributed by atoms with Crippen LogP contribution in [0.2, 0.25) is 5.02 Å². The molecule has 5 heteroatoms. The van der Waals surface area contributed by atoms with E-state index in [1.165, 1.54) is 4.90 Å². The van der Waals surface area contributed by atoms with Crippen LogP contribution in [0.1, 0.15) is 36.2 Å². The first kappa shape index (κ1) is 19.0. The third-order valence-corrected chi connectivity index (χ3v) is 4.36. The SMILES string of the molecule is CN(C)C(=O)c1ccc(NC(=O)CC(C)(C)c2ccccc2)cc1Cl. The fourth-order valence-electron chi connectivity index (χ4n) is 2.61. The minimum absolute atomic E-state index is 0.100. The van der Waals surface area contributed by atoms with Crippen molar-refractivity contribution in [2.24, 2.45) is 0 Å². The second kappa shape index (κ2) is 7.70. The molecule has 0 aliphatic heterocycles. The average Bonchev–Trinajstić information content (AvgIpc) is 2.54. The third kappa shape index (κ3) is 4.83. The van der Waals surface area contributed by atoms with Crippen molar-refractivity contribution in [1.82, 2.24) is 4.90 Å². The summed E-state index contributed by atoms with van der Waals surface area (Å²) in [6.07, 6.45) is 0.340. The molecule has 2 rings (SSSR count). The summed E-state index contributed by atoms with van der Waals surface area (Å²) in [5, 5.41) is 3.17. The lowest BCUT2D eigenvalue weighted by Crippen LogP contribution is -2.26. The van der Waals surface area contributed by atoms with Crippen LogP contribution in [0.5, 0.6) is 0 Å². The molecular weight excluding hydrogens is 336 g/mol. The maximum atomic E-state index is 12.4. The van der Waals surface area contributed by atoms with Crippen molar-refractivity contribution in [3.8, 4) is 0 Å². The molecule has 0 atom stereocenters. The van der Waals surface area contributed by atoms with Crippen LogP contribution in [0, 0.1) is 0 Å². The molecule has 0 radical (unpaired) electrons. The van der Waals surface area contributed by atoms with Gasteiger partial charge in [-0.25, -0.2) is 0 Å². The quantitative estimate of drug-likeness (QED) is 0.863. The van der Waals surface area contributed by atoms with Crippen molar-refractivity contribution in [3.05, 3.63) is 64.7 Å². The van der Waals surface area contributed by atoms with Crippen LogP contribution in [0.3, 0.4) is 0 Å². The first-order valence-electron chi connectivity index (χ1n) is 8.07. The van der Waals surface area contributed by atoms with Crippen LogP contribution >= 0.6 is 11.6 Å². The van der Waals surface area contributed by atoms with Gasteiger partial charge in [-0.05, 0) is 29.2 Å². The Kier molecular flexibility index (Phi) is 5.85. The van der Waals surface area contributed by atoms with Crippen LogP contribution in [-0.4, -0.2) is 30.8 Å². The Labute approximate surface area is 153 Å². The summed E-state index contributed by atoms with van der Waals surface area (Å²) >= 11 is 6.18. The molecule has 1 N–H and O–H groups in total. The van der Waals surface area contributed by atoms with Crippen molar-refractivity contribution < 1.29 is 9.59 Å². The fourth-order valence-corrected chi connectivity index (χ4v) is 2.87. The number of hydrogen-bond acceptors (Lipinski definition) is 2. The Morgan fingerprint density at radius 2 is 1.72 bits per heavy atom. The second-order valence-corrected chi connectivity index (χ2v) is 7.28. The molecular formula is C20H23ClN2O2. The standard InChI is InChI=1S/C20H23ClN2O2/c1-20(2,14-8-6-5-7-9-14)13-18(24)22-15-10-11-16(17(21)12-15)19(25)23(3)4/h5-12H,13H2,1-4H3,(H,22,24). The molecule has 2 amide bonds. The Bertz CT molecular complexity index is 771. The van der Waals surface area contributed by atoms with E-state index in [4.69, 9.17) is 11.6 Å². The molecule has 132 valence electrons. The number of carbonyl (C=O) groups excluding carboxylic acids is 2. The fraction of sp³-hybridized carbons (Fsp3) is 0.300. The lowest BCUT2D eigenvalue weighted by atomic mass is 9.81. The Morgan fingerprint density at radius 1 is 1.08 bits per heavy atom. The molecule has 0 spiro atoms. The molecule has 2 aromatic rings. The molecule has 0 heterocycles. The number of rotatable bonds is 5. The van der Waals surface area contributed by atoms with Crippen LogP contribution in [0.4, 0.5) is 5.69 Å². The van der Waals surface area contributed by atoms with Crippen molar-refractivity contribution >= 4 is 29.1 Å². The van der Waals surface area contributed by atoms with Crippen LogP contribution in [0.15, 0.2) is 48.5 Å². The highest BCUT2D eigenvalue weighted by Gasteiger charge is 2.24. The molecule has 0 fully saturated rings. The molecule has 0 unspecified atom stereocenters. The van der Waals surface area contributed by atoms with E-state index in [1.807, 2.05) is 44.2 Å². The predicted octanol–water partition coefficient (Wildman–Crippen LogP) is 4.35. The number of amides is 2. The van der Waals surface area contributed by atoms with Gasteiger partial charge < -0.3 is 10.2 Å². The molecule has 2 aromatic carbocycles. The van der Waals surface area contributed by atoms with Crippen LogP contribution in [-0.2, 0) is 10.2 Å². The molecule has 25 heavy (non-hydrogen) atoms. The Morgan fingerprint density at radius 3 is 2.28 bits per heavy atom. The number of hydrogen-bond donors (Lipinski definition) is 1. The molecule has 4 nitrogen and oxygen atoms in total. The predicted molar refractivity (Wildman–Crippen MR) is 102 cm³/mol. The van der Waals surface area contributed by atoms with E-state index >= 15 is 0 Å². The zero-order chi connectivity index (χ0) is 18.6. The highest BCUT2D eigenvalue weighted by atomic mass is 35.5. The highest BCUT2D eigenvalue weighted by molar-refractivity contribution is 6.34. The van der Waals surface area contributed by atoms with E-state index in [0.717, 1.165) is 5.56 Å². The van der Waals surface area contributed by atoms with Gasteiger partial charge in [0.2, 0.25) is 5.91 Å². The number of nitrogens with zero attached hydrogens (tertiary/aromatic N) is 1. The maximum Gasteiger partial charge on any atom is 0.254 e. The van der Waals surface area contributed by atoms with Crippen molar-refractivity contribution in [1.29, 1.82) is 0 Å². The van der Waals surface area contributed by atoms with E-state index < -0.39 is 0 Å². The molecule has 0 aromatic heterocycles. The van der Waals surface area contributed by atoms with Gasteiger partial charge in [-0.15, -0.1) is 0 Å². The number of anilines is 1. The van der Waals surface area contributed by atoms with Gasteiger partial charge in [-0.3, -0.25) is 9.59 Å². The largest absolute Gasteiger partial charge is 0.345 e. The first-order chi connectivity index (χ1) is 11.7. The summed E-state index contributed by atoms with van der Waals surface area (Å²) in [5.41, 5.74) is 1.81. The zero-order valence-corrected chi connectivity index (χ0v) is 15.7. The second-order valence-electron chi connectivity index (χ2n) is 6.87. The molecule has 0 saturated carbocycles. The van der Waals surface area contributed by atoms with Gasteiger partial charge in [-0.1, -0.05) is 55.8 Å². The highest BCUT2D eigenvalue weighted by Crippen LogP contribution is 2.28. The van der Waals surface area contributed by atoms with Gasteiger partial charge in [0.25, 0.3) is 5.91 Å². The van der Waals surface area contributed by atoms with E-state index in [1.54, 1.807) is 32.3 Å². The van der Waals surface area contributed by atoms with Gasteiger partial charge in [0, 0.05) is 26.2 Å². The minimum atomic E-state index is -0.282. The number of carbonyl (C=O) groups is 2. The normalized spacial score (nSPS) is 11.1. The minimum Gasteiger partial charge on any atom is -0.345 e. The summed E-state index contributed by atoms with van der Waals surface area (Å²) < 4.78 is 0. The number of benzene rings is 2. The summed E-state index contributed by atoms with van der Waals surface area (Å²) in [7, 11) is 3.33.